The highest BCUT2D eigenvalue weighted by molar-refractivity contribution is 14.1. The molecule has 4 aromatic rings. The standard InChI is InChI=1S/C28H27BrIN3O3/c1-5-18(3)27-32-24-10-9-21(29)14-22(24)28(34)33(27)31-15-20-12-23(30)26(25(13-20)35-4)36-16-19-8-6-7-17(2)11-19/h6-15,18H,5,16H2,1-4H3/t18-/m0/s1. The Morgan fingerprint density at radius 1 is 1.19 bits per heavy atom. The van der Waals surface area contributed by atoms with Crippen LogP contribution in [0.5, 0.6) is 11.5 Å². The van der Waals surface area contributed by atoms with E-state index in [1.165, 1.54) is 10.2 Å². The highest BCUT2D eigenvalue weighted by Gasteiger charge is 2.16. The molecule has 0 fully saturated rings. The molecule has 0 aliphatic carbocycles. The summed E-state index contributed by atoms with van der Waals surface area (Å²) in [7, 11) is 1.61. The molecule has 4 rings (SSSR count). The Bertz CT molecular complexity index is 1500. The zero-order valence-electron chi connectivity index (χ0n) is 20.6. The minimum atomic E-state index is -0.201. The number of methoxy groups -OCH3 is 1. The Kier molecular flexibility index (Phi) is 8.46. The lowest BCUT2D eigenvalue weighted by Crippen LogP contribution is -2.23. The van der Waals surface area contributed by atoms with Crippen molar-refractivity contribution in [3.05, 3.63) is 95.5 Å². The van der Waals surface area contributed by atoms with Gasteiger partial charge in [0.2, 0.25) is 0 Å². The van der Waals surface area contributed by atoms with E-state index in [1.54, 1.807) is 19.4 Å². The summed E-state index contributed by atoms with van der Waals surface area (Å²) in [6, 6.07) is 17.6. The van der Waals surface area contributed by atoms with E-state index in [-0.39, 0.29) is 11.5 Å². The summed E-state index contributed by atoms with van der Waals surface area (Å²) < 4.78 is 14.9. The molecule has 0 saturated carbocycles. The Morgan fingerprint density at radius 3 is 2.72 bits per heavy atom. The molecule has 8 heteroatoms. The number of hydrogen-bond acceptors (Lipinski definition) is 5. The van der Waals surface area contributed by atoms with Gasteiger partial charge in [-0.2, -0.15) is 9.78 Å². The number of rotatable bonds is 8. The molecular formula is C28H27BrIN3O3. The molecule has 0 radical (unpaired) electrons. The molecule has 0 aliphatic rings. The van der Waals surface area contributed by atoms with Gasteiger partial charge in [0.1, 0.15) is 12.4 Å². The second-order valence-electron chi connectivity index (χ2n) is 8.61. The summed E-state index contributed by atoms with van der Waals surface area (Å²) in [5, 5.41) is 5.09. The topological polar surface area (TPSA) is 65.7 Å². The Balaban J connectivity index is 1.70. The molecule has 0 N–H and O–H groups in total. The normalized spacial score (nSPS) is 12.3. The predicted octanol–water partition coefficient (Wildman–Crippen LogP) is 7.06. The van der Waals surface area contributed by atoms with E-state index in [9.17, 15) is 4.79 Å². The molecule has 0 bridgehead atoms. The van der Waals surface area contributed by atoms with E-state index in [4.69, 9.17) is 14.5 Å². The van der Waals surface area contributed by atoms with Crippen molar-refractivity contribution in [2.45, 2.75) is 39.7 Å². The number of ether oxygens (including phenoxy) is 2. The average Bonchev–Trinajstić information content (AvgIpc) is 2.87. The minimum absolute atomic E-state index is 0.0648. The van der Waals surface area contributed by atoms with Crippen LogP contribution < -0.4 is 15.0 Å². The largest absolute Gasteiger partial charge is 0.493 e. The van der Waals surface area contributed by atoms with Crippen LogP contribution in [0.25, 0.3) is 10.9 Å². The van der Waals surface area contributed by atoms with E-state index >= 15 is 0 Å². The van der Waals surface area contributed by atoms with Crippen LogP contribution in [0.3, 0.4) is 0 Å². The van der Waals surface area contributed by atoms with Crippen LogP contribution in [-0.4, -0.2) is 23.0 Å². The molecule has 0 spiro atoms. The number of nitrogens with zero attached hydrogens (tertiary/aromatic N) is 3. The van der Waals surface area contributed by atoms with Crippen LogP contribution in [0.2, 0.25) is 0 Å². The second kappa shape index (κ2) is 11.6. The van der Waals surface area contributed by atoms with Crippen molar-refractivity contribution in [1.82, 2.24) is 9.66 Å². The summed E-state index contributed by atoms with van der Waals surface area (Å²) in [6.45, 7) is 6.61. The lowest BCUT2D eigenvalue weighted by atomic mass is 10.1. The Morgan fingerprint density at radius 2 is 2.00 bits per heavy atom. The SMILES string of the molecule is CC[C@H](C)c1nc2ccc(Br)cc2c(=O)n1N=Cc1cc(I)c(OCc2cccc(C)c2)c(OC)c1. The van der Waals surface area contributed by atoms with Crippen molar-refractivity contribution in [1.29, 1.82) is 0 Å². The third-order valence-corrected chi connectivity index (χ3v) is 7.22. The van der Waals surface area contributed by atoms with Crippen molar-refractivity contribution in [3.63, 3.8) is 0 Å². The molecule has 1 aromatic heterocycles. The van der Waals surface area contributed by atoms with Crippen LogP contribution in [0.4, 0.5) is 0 Å². The zero-order chi connectivity index (χ0) is 25.8. The minimum Gasteiger partial charge on any atom is -0.493 e. The van der Waals surface area contributed by atoms with Gasteiger partial charge >= 0.3 is 0 Å². The number of hydrogen-bond donors (Lipinski definition) is 0. The van der Waals surface area contributed by atoms with Crippen LogP contribution in [0.15, 0.2) is 69.0 Å². The molecule has 1 atom stereocenters. The van der Waals surface area contributed by atoms with Crippen LogP contribution in [-0.2, 0) is 6.61 Å². The first-order valence-electron chi connectivity index (χ1n) is 11.6. The lowest BCUT2D eigenvalue weighted by Gasteiger charge is -2.15. The summed E-state index contributed by atoms with van der Waals surface area (Å²) >= 11 is 5.68. The Hall–Kier alpha value is -2.72. The smallest absolute Gasteiger partial charge is 0.282 e. The summed E-state index contributed by atoms with van der Waals surface area (Å²) in [4.78, 5) is 18.1. The second-order valence-corrected chi connectivity index (χ2v) is 10.7. The van der Waals surface area contributed by atoms with Gasteiger partial charge < -0.3 is 9.47 Å². The number of fused-ring (bicyclic) bond motifs is 1. The van der Waals surface area contributed by atoms with Crippen LogP contribution in [0, 0.1) is 10.5 Å². The van der Waals surface area contributed by atoms with Gasteiger partial charge in [-0.1, -0.05) is 59.6 Å². The molecule has 1 heterocycles. The monoisotopic (exact) mass is 659 g/mol. The highest BCUT2D eigenvalue weighted by atomic mass is 127. The van der Waals surface area contributed by atoms with E-state index in [2.05, 4.69) is 69.6 Å². The molecule has 6 nitrogen and oxygen atoms in total. The molecule has 0 unspecified atom stereocenters. The van der Waals surface area contributed by atoms with Gasteiger partial charge in [0.15, 0.2) is 11.5 Å². The first-order valence-corrected chi connectivity index (χ1v) is 13.5. The van der Waals surface area contributed by atoms with Gasteiger partial charge in [0.25, 0.3) is 5.56 Å². The lowest BCUT2D eigenvalue weighted by molar-refractivity contribution is 0.282. The molecule has 0 amide bonds. The summed E-state index contributed by atoms with van der Waals surface area (Å²) in [5.74, 6) is 1.97. The third-order valence-electron chi connectivity index (χ3n) is 5.93. The van der Waals surface area contributed by atoms with E-state index < -0.39 is 0 Å². The van der Waals surface area contributed by atoms with E-state index in [0.717, 1.165) is 25.6 Å². The molecule has 0 saturated heterocycles. The first-order chi connectivity index (χ1) is 17.3. The zero-order valence-corrected chi connectivity index (χ0v) is 24.3. The fraction of sp³-hybridized carbons (Fsp3) is 0.250. The highest BCUT2D eigenvalue weighted by Crippen LogP contribution is 2.34. The van der Waals surface area contributed by atoms with Crippen LogP contribution >= 0.6 is 38.5 Å². The molecule has 36 heavy (non-hydrogen) atoms. The van der Waals surface area contributed by atoms with Gasteiger partial charge in [-0.25, -0.2) is 4.98 Å². The predicted molar refractivity (Wildman–Crippen MR) is 157 cm³/mol. The van der Waals surface area contributed by atoms with Crippen molar-refractivity contribution in [3.8, 4) is 11.5 Å². The quantitative estimate of drug-likeness (QED) is 0.150. The summed E-state index contributed by atoms with van der Waals surface area (Å²) in [5.41, 5.74) is 3.53. The maximum absolute atomic E-state index is 13.4. The van der Waals surface area contributed by atoms with Gasteiger partial charge in [0, 0.05) is 10.4 Å². The van der Waals surface area contributed by atoms with Gasteiger partial charge in [-0.05, 0) is 77.4 Å². The maximum atomic E-state index is 13.4. The van der Waals surface area contributed by atoms with Crippen molar-refractivity contribution >= 4 is 55.6 Å². The van der Waals surface area contributed by atoms with E-state index in [0.29, 0.717) is 34.8 Å². The van der Waals surface area contributed by atoms with Crippen molar-refractivity contribution in [2.75, 3.05) is 7.11 Å². The fourth-order valence-electron chi connectivity index (χ4n) is 3.82. The molecule has 186 valence electrons. The maximum Gasteiger partial charge on any atom is 0.282 e. The fourth-order valence-corrected chi connectivity index (χ4v) is 4.96. The molecule has 0 aliphatic heterocycles. The van der Waals surface area contributed by atoms with Gasteiger partial charge in [-0.3, -0.25) is 4.79 Å². The van der Waals surface area contributed by atoms with E-state index in [1.807, 2.05) is 43.3 Å². The van der Waals surface area contributed by atoms with Crippen molar-refractivity contribution < 1.29 is 9.47 Å². The number of benzene rings is 3. The van der Waals surface area contributed by atoms with Crippen molar-refractivity contribution in [2.24, 2.45) is 5.10 Å². The third kappa shape index (κ3) is 5.81. The molecular weight excluding hydrogens is 633 g/mol. The first kappa shape index (κ1) is 26.3. The summed E-state index contributed by atoms with van der Waals surface area (Å²) in [6.07, 6.45) is 2.50. The van der Waals surface area contributed by atoms with Gasteiger partial charge in [-0.15, -0.1) is 0 Å². The molecule has 3 aromatic carbocycles. The van der Waals surface area contributed by atoms with Gasteiger partial charge in [0.05, 0.1) is 27.8 Å². The number of aromatic nitrogens is 2. The average molecular weight is 660 g/mol. The van der Waals surface area contributed by atoms with Crippen LogP contribution in [0.1, 0.15) is 48.7 Å². The Labute approximate surface area is 232 Å². The number of aryl methyl sites for hydroxylation is 1. The number of halogens is 2.